The molecule has 10 nitrogen and oxygen atoms in total. The van der Waals surface area contributed by atoms with Gasteiger partial charge in [-0.3, -0.25) is 10.1 Å². The van der Waals surface area contributed by atoms with Gasteiger partial charge in [0.05, 0.1) is 16.1 Å². The summed E-state index contributed by atoms with van der Waals surface area (Å²) < 4.78 is 0. The minimum atomic E-state index is -0.988. The summed E-state index contributed by atoms with van der Waals surface area (Å²) in [5.41, 5.74) is 18.4. The molecule has 0 aliphatic heterocycles. The van der Waals surface area contributed by atoms with Crippen LogP contribution < -0.4 is 17.2 Å². The highest BCUT2D eigenvalue weighted by atomic mass is 16.6. The van der Waals surface area contributed by atoms with Crippen LogP contribution in [-0.4, -0.2) is 27.1 Å². The highest BCUT2D eigenvalue weighted by molar-refractivity contribution is 5.93. The van der Waals surface area contributed by atoms with Crippen LogP contribution in [-0.2, 0) is 0 Å². The topological polar surface area (TPSA) is 196 Å². The number of carbonyl (C=O) groups is 2. The Balaban J connectivity index is 0.000000233. The van der Waals surface area contributed by atoms with Crippen LogP contribution >= 0.6 is 0 Å². The number of aromatic carboxylic acids is 2. The molecule has 0 heterocycles. The van der Waals surface area contributed by atoms with E-state index >= 15 is 0 Å². The van der Waals surface area contributed by atoms with Crippen molar-refractivity contribution in [2.24, 2.45) is 0 Å². The number of carboxylic acids is 2. The van der Waals surface area contributed by atoms with Crippen molar-refractivity contribution < 1.29 is 24.7 Å². The SMILES string of the molecule is Cc1ccc([N+](=O)[O-])cc1N.Nc1ccccc1C(=O)O.Nc1ccccc1C(=O)O. The summed E-state index contributed by atoms with van der Waals surface area (Å²) in [6, 6.07) is 17.2. The van der Waals surface area contributed by atoms with Crippen molar-refractivity contribution in [2.45, 2.75) is 6.92 Å². The van der Waals surface area contributed by atoms with Crippen molar-refractivity contribution in [3.8, 4) is 0 Å². The molecular weight excluding hydrogens is 404 g/mol. The molecule has 0 fully saturated rings. The average Bonchev–Trinajstić information content (AvgIpc) is 2.71. The first kappa shape index (κ1) is 24.4. The Morgan fingerprint density at radius 1 is 0.774 bits per heavy atom. The largest absolute Gasteiger partial charge is 0.478 e. The Labute approximate surface area is 177 Å². The first-order valence-corrected chi connectivity index (χ1v) is 8.70. The number of anilines is 3. The standard InChI is InChI=1S/C7H8N2O2.2C7H7NO2/c1-5-2-3-6(9(10)11)4-7(5)8;2*8-6-4-2-1-3-5(6)7(9)10/h2-4H,8H2,1H3;2*1-4H,8H2,(H,9,10). The van der Waals surface area contributed by atoms with Gasteiger partial charge in [-0.25, -0.2) is 9.59 Å². The number of nitrogen functional groups attached to an aromatic ring is 3. The number of para-hydroxylation sites is 2. The average molecular weight is 426 g/mol. The molecule has 3 aromatic carbocycles. The zero-order valence-electron chi connectivity index (χ0n) is 16.6. The summed E-state index contributed by atoms with van der Waals surface area (Å²) in [5.74, 6) is -1.98. The van der Waals surface area contributed by atoms with E-state index in [4.69, 9.17) is 27.4 Å². The minimum absolute atomic E-state index is 0.0353. The van der Waals surface area contributed by atoms with Crippen LogP contribution in [0.15, 0.2) is 66.7 Å². The highest BCUT2D eigenvalue weighted by Gasteiger charge is 2.06. The minimum Gasteiger partial charge on any atom is -0.478 e. The molecule has 8 N–H and O–H groups in total. The van der Waals surface area contributed by atoms with E-state index < -0.39 is 16.9 Å². The lowest BCUT2D eigenvalue weighted by molar-refractivity contribution is -0.384. The maximum atomic E-state index is 10.3. The molecule has 0 saturated carbocycles. The maximum Gasteiger partial charge on any atom is 0.337 e. The molecule has 0 radical (unpaired) electrons. The summed E-state index contributed by atoms with van der Waals surface area (Å²) in [6.45, 7) is 1.80. The first-order chi connectivity index (χ1) is 14.5. The molecule has 10 heteroatoms. The maximum absolute atomic E-state index is 10.3. The highest BCUT2D eigenvalue weighted by Crippen LogP contribution is 2.18. The number of nitro benzene ring substituents is 1. The number of rotatable bonds is 3. The van der Waals surface area contributed by atoms with Gasteiger partial charge in [0.1, 0.15) is 0 Å². The molecule has 3 aromatic rings. The fourth-order valence-corrected chi connectivity index (χ4v) is 2.12. The number of nitrogens with zero attached hydrogens (tertiary/aromatic N) is 1. The van der Waals surface area contributed by atoms with Crippen LogP contribution in [0.3, 0.4) is 0 Å². The van der Waals surface area contributed by atoms with Gasteiger partial charge in [0.15, 0.2) is 0 Å². The Hall–Kier alpha value is -4.60. The Morgan fingerprint density at radius 2 is 1.19 bits per heavy atom. The quantitative estimate of drug-likeness (QED) is 0.237. The van der Waals surface area contributed by atoms with E-state index in [1.807, 2.05) is 0 Å². The van der Waals surface area contributed by atoms with Crippen molar-refractivity contribution in [3.63, 3.8) is 0 Å². The molecule has 0 bridgehead atoms. The van der Waals surface area contributed by atoms with Gasteiger partial charge in [-0.15, -0.1) is 0 Å². The summed E-state index contributed by atoms with van der Waals surface area (Å²) in [7, 11) is 0. The fourth-order valence-electron chi connectivity index (χ4n) is 2.12. The van der Waals surface area contributed by atoms with Gasteiger partial charge in [-0.1, -0.05) is 30.3 Å². The second-order valence-electron chi connectivity index (χ2n) is 6.08. The molecule has 0 aliphatic carbocycles. The first-order valence-electron chi connectivity index (χ1n) is 8.70. The zero-order chi connectivity index (χ0) is 23.6. The third kappa shape index (κ3) is 7.74. The van der Waals surface area contributed by atoms with Gasteiger partial charge in [0, 0.05) is 29.2 Å². The molecule has 0 amide bonds. The molecule has 0 saturated heterocycles. The van der Waals surface area contributed by atoms with Gasteiger partial charge in [-0.2, -0.15) is 0 Å². The van der Waals surface area contributed by atoms with Crippen molar-refractivity contribution in [1.29, 1.82) is 0 Å². The molecule has 162 valence electrons. The second kappa shape index (κ2) is 11.4. The summed E-state index contributed by atoms with van der Waals surface area (Å²) >= 11 is 0. The number of non-ortho nitro benzene ring substituents is 1. The van der Waals surface area contributed by atoms with E-state index in [0.717, 1.165) is 5.56 Å². The van der Waals surface area contributed by atoms with Crippen molar-refractivity contribution in [2.75, 3.05) is 17.2 Å². The molecule has 0 aliphatic rings. The number of hydrogen-bond acceptors (Lipinski definition) is 7. The van der Waals surface area contributed by atoms with Gasteiger partial charge < -0.3 is 27.4 Å². The predicted octanol–water partition coefficient (Wildman–Crippen LogP) is 3.42. The summed E-state index contributed by atoms with van der Waals surface area (Å²) in [4.78, 5) is 30.4. The molecule has 0 spiro atoms. The van der Waals surface area contributed by atoms with Crippen molar-refractivity contribution in [3.05, 3.63) is 93.5 Å². The van der Waals surface area contributed by atoms with E-state index in [1.54, 1.807) is 49.4 Å². The lowest BCUT2D eigenvalue weighted by Gasteiger charge is -1.97. The van der Waals surface area contributed by atoms with Gasteiger partial charge >= 0.3 is 11.9 Å². The summed E-state index contributed by atoms with van der Waals surface area (Å²) in [5, 5.41) is 27.2. The lowest BCUT2D eigenvalue weighted by Crippen LogP contribution is -2.00. The van der Waals surface area contributed by atoms with Crippen molar-refractivity contribution in [1.82, 2.24) is 0 Å². The van der Waals surface area contributed by atoms with E-state index in [2.05, 4.69) is 0 Å². The van der Waals surface area contributed by atoms with Crippen LogP contribution in [0.2, 0.25) is 0 Å². The van der Waals surface area contributed by atoms with Crippen LogP contribution in [0.25, 0.3) is 0 Å². The van der Waals surface area contributed by atoms with E-state index in [-0.39, 0.29) is 16.8 Å². The van der Waals surface area contributed by atoms with E-state index in [1.165, 1.54) is 24.3 Å². The number of carboxylic acid groups (broad SMARTS) is 2. The molecular formula is C21H22N4O6. The van der Waals surface area contributed by atoms with E-state index in [9.17, 15) is 19.7 Å². The zero-order valence-corrected chi connectivity index (χ0v) is 16.6. The lowest BCUT2D eigenvalue weighted by atomic mass is 10.2. The van der Waals surface area contributed by atoms with Gasteiger partial charge in [-0.05, 0) is 36.8 Å². The van der Waals surface area contributed by atoms with Crippen molar-refractivity contribution >= 4 is 34.7 Å². The predicted molar refractivity (Wildman–Crippen MR) is 118 cm³/mol. The number of aryl methyl sites for hydroxylation is 1. The number of hydrogen-bond donors (Lipinski definition) is 5. The number of nitrogens with two attached hydrogens (primary N) is 3. The summed E-state index contributed by atoms with van der Waals surface area (Å²) in [6.07, 6.45) is 0. The Kier molecular flexibility index (Phi) is 9.00. The van der Waals surface area contributed by atoms with Gasteiger partial charge in [0.2, 0.25) is 0 Å². The Morgan fingerprint density at radius 3 is 1.48 bits per heavy atom. The van der Waals surface area contributed by atoms with Crippen LogP contribution in [0, 0.1) is 17.0 Å². The monoisotopic (exact) mass is 426 g/mol. The van der Waals surface area contributed by atoms with Crippen LogP contribution in [0.5, 0.6) is 0 Å². The Bertz CT molecular complexity index is 1030. The molecule has 3 rings (SSSR count). The number of nitro groups is 1. The van der Waals surface area contributed by atoms with Crippen LogP contribution in [0.4, 0.5) is 22.7 Å². The molecule has 0 aromatic heterocycles. The fraction of sp³-hybridized carbons (Fsp3) is 0.0476. The molecule has 0 unspecified atom stereocenters. The van der Waals surface area contributed by atoms with E-state index in [0.29, 0.717) is 17.1 Å². The smallest absolute Gasteiger partial charge is 0.337 e. The molecule has 0 atom stereocenters. The normalized spacial score (nSPS) is 9.32. The third-order valence-electron chi connectivity index (χ3n) is 3.86. The third-order valence-corrected chi connectivity index (χ3v) is 3.86. The van der Waals surface area contributed by atoms with Crippen LogP contribution in [0.1, 0.15) is 26.3 Å². The van der Waals surface area contributed by atoms with Gasteiger partial charge in [0.25, 0.3) is 5.69 Å². The molecule has 31 heavy (non-hydrogen) atoms. The second-order valence-corrected chi connectivity index (χ2v) is 6.08. The number of benzene rings is 3.